The lowest BCUT2D eigenvalue weighted by Crippen LogP contribution is -1.94. The summed E-state index contributed by atoms with van der Waals surface area (Å²) in [7, 11) is 0. The summed E-state index contributed by atoms with van der Waals surface area (Å²) in [5, 5.41) is 10.3. The Labute approximate surface area is 284 Å². The van der Waals surface area contributed by atoms with E-state index in [2.05, 4.69) is 193 Å². The van der Waals surface area contributed by atoms with Crippen LogP contribution >= 0.6 is 0 Å². The molecule has 0 N–H and O–H groups in total. The van der Waals surface area contributed by atoms with E-state index in [1.807, 2.05) is 0 Å². The molecule has 0 amide bonds. The van der Waals surface area contributed by atoms with Crippen LogP contribution in [0.3, 0.4) is 0 Å². The second-order valence-electron chi connectivity index (χ2n) is 12.9. The molecule has 0 radical (unpaired) electrons. The van der Waals surface area contributed by atoms with Crippen molar-refractivity contribution >= 4 is 54.1 Å². The highest BCUT2D eigenvalue weighted by atomic mass is 15.0. The molecule has 1 heteroatoms. The zero-order valence-corrected chi connectivity index (χ0v) is 26.8. The molecule has 49 heavy (non-hydrogen) atoms. The molecule has 0 saturated heterocycles. The Hall–Kier alpha value is -6.44. The predicted molar refractivity (Wildman–Crippen MR) is 210 cm³/mol. The summed E-state index contributed by atoms with van der Waals surface area (Å²) in [4.78, 5) is 0. The highest BCUT2D eigenvalue weighted by molar-refractivity contribution is 6.29. The Morgan fingerprint density at radius 1 is 0.265 bits per heavy atom. The van der Waals surface area contributed by atoms with Crippen molar-refractivity contribution < 1.29 is 0 Å². The molecule has 9 aromatic carbocycles. The van der Waals surface area contributed by atoms with Crippen molar-refractivity contribution in [2.24, 2.45) is 0 Å². The minimum absolute atomic E-state index is 1.16. The molecule has 0 unspecified atom stereocenters. The Morgan fingerprint density at radius 3 is 1.47 bits per heavy atom. The van der Waals surface area contributed by atoms with E-state index in [9.17, 15) is 0 Å². The van der Waals surface area contributed by atoms with E-state index >= 15 is 0 Å². The molecule has 0 atom stereocenters. The lowest BCUT2D eigenvalue weighted by molar-refractivity contribution is 1.18. The molecular formula is C48H31N. The number of fused-ring (bicyclic) bond motifs is 9. The molecule has 1 nitrogen and oxygen atoms in total. The highest BCUT2D eigenvalue weighted by Crippen LogP contribution is 2.43. The van der Waals surface area contributed by atoms with Gasteiger partial charge in [-0.2, -0.15) is 0 Å². The van der Waals surface area contributed by atoms with Crippen molar-refractivity contribution in [1.29, 1.82) is 0 Å². The van der Waals surface area contributed by atoms with Gasteiger partial charge >= 0.3 is 0 Å². The molecule has 10 aromatic rings. The normalized spacial score (nSPS) is 11.7. The van der Waals surface area contributed by atoms with Gasteiger partial charge in [0.25, 0.3) is 0 Å². The van der Waals surface area contributed by atoms with Crippen LogP contribution < -0.4 is 0 Å². The fourth-order valence-corrected chi connectivity index (χ4v) is 7.91. The van der Waals surface area contributed by atoms with Gasteiger partial charge in [0.1, 0.15) is 0 Å². The summed E-state index contributed by atoms with van der Waals surface area (Å²) in [6.07, 6.45) is 0. The summed E-state index contributed by atoms with van der Waals surface area (Å²) in [5.74, 6) is 0. The molecule has 0 aliphatic carbocycles. The van der Waals surface area contributed by atoms with Gasteiger partial charge in [-0.25, -0.2) is 0 Å². The van der Waals surface area contributed by atoms with Crippen molar-refractivity contribution in [3.63, 3.8) is 0 Å². The van der Waals surface area contributed by atoms with Crippen LogP contribution in [-0.4, -0.2) is 4.57 Å². The monoisotopic (exact) mass is 621 g/mol. The zero-order chi connectivity index (χ0) is 32.3. The van der Waals surface area contributed by atoms with E-state index in [0.717, 1.165) is 5.69 Å². The average Bonchev–Trinajstić information content (AvgIpc) is 3.52. The number of aromatic nitrogens is 1. The van der Waals surface area contributed by atoms with E-state index in [1.54, 1.807) is 0 Å². The maximum absolute atomic E-state index is 2.40. The van der Waals surface area contributed by atoms with E-state index in [4.69, 9.17) is 0 Å². The quantitative estimate of drug-likeness (QED) is 0.172. The van der Waals surface area contributed by atoms with Gasteiger partial charge < -0.3 is 4.57 Å². The molecule has 10 rings (SSSR count). The number of nitrogens with zero attached hydrogens (tertiary/aromatic N) is 1. The van der Waals surface area contributed by atoms with Crippen molar-refractivity contribution in [3.05, 3.63) is 188 Å². The summed E-state index contributed by atoms with van der Waals surface area (Å²) in [5.41, 5.74) is 11.0. The predicted octanol–water partition coefficient (Wildman–Crippen LogP) is 13.2. The van der Waals surface area contributed by atoms with Gasteiger partial charge in [-0.1, -0.05) is 146 Å². The first-order valence-corrected chi connectivity index (χ1v) is 16.9. The lowest BCUT2D eigenvalue weighted by atomic mass is 9.87. The molecule has 0 saturated carbocycles. The average molecular weight is 622 g/mol. The largest absolute Gasteiger partial charge is 0.309 e. The van der Waals surface area contributed by atoms with Crippen molar-refractivity contribution in [1.82, 2.24) is 4.57 Å². The summed E-state index contributed by atoms with van der Waals surface area (Å²) in [6.45, 7) is 0. The van der Waals surface area contributed by atoms with Crippen LogP contribution in [0, 0.1) is 0 Å². The third-order valence-electron chi connectivity index (χ3n) is 10.2. The van der Waals surface area contributed by atoms with Gasteiger partial charge in [0.05, 0.1) is 11.0 Å². The molecule has 0 spiro atoms. The van der Waals surface area contributed by atoms with E-state index in [1.165, 1.54) is 87.5 Å². The molecular weight excluding hydrogens is 591 g/mol. The van der Waals surface area contributed by atoms with E-state index in [-0.39, 0.29) is 0 Å². The second-order valence-corrected chi connectivity index (χ2v) is 12.9. The topological polar surface area (TPSA) is 4.93 Å². The standard InChI is InChI=1S/C48H31N/c1-3-13-32(14-4-1)35-25-28-47-44(29-35)41-20-11-12-22-46(41)49(47)37-26-23-33(24-27-37)36-30-43(34-15-5-2-6-16-34)48-42-21-10-9-18-39(42)38-17-7-8-19-40(38)45(48)31-36/h1-31H. The van der Waals surface area contributed by atoms with Crippen molar-refractivity contribution in [3.8, 4) is 39.1 Å². The van der Waals surface area contributed by atoms with E-state index < -0.39 is 0 Å². The molecule has 0 aliphatic rings. The molecule has 1 aromatic heterocycles. The van der Waals surface area contributed by atoms with Crippen LogP contribution in [0.4, 0.5) is 0 Å². The zero-order valence-electron chi connectivity index (χ0n) is 26.8. The maximum atomic E-state index is 2.40. The first kappa shape index (κ1) is 27.7. The minimum Gasteiger partial charge on any atom is -0.309 e. The number of para-hydroxylation sites is 1. The third-order valence-corrected chi connectivity index (χ3v) is 10.2. The summed E-state index contributed by atoms with van der Waals surface area (Å²) >= 11 is 0. The Kier molecular flexibility index (Phi) is 6.25. The van der Waals surface area contributed by atoms with Gasteiger partial charge in [-0.3, -0.25) is 0 Å². The van der Waals surface area contributed by atoms with Crippen LogP contribution in [0.25, 0.3) is 93.2 Å². The smallest absolute Gasteiger partial charge is 0.0541 e. The minimum atomic E-state index is 1.16. The van der Waals surface area contributed by atoms with Crippen LogP contribution in [0.15, 0.2) is 188 Å². The van der Waals surface area contributed by atoms with E-state index in [0.29, 0.717) is 0 Å². The van der Waals surface area contributed by atoms with Crippen molar-refractivity contribution in [2.75, 3.05) is 0 Å². The molecule has 1 heterocycles. The van der Waals surface area contributed by atoms with Gasteiger partial charge in [0, 0.05) is 16.5 Å². The Bertz CT molecular complexity index is 2840. The van der Waals surface area contributed by atoms with Crippen LogP contribution in [0.1, 0.15) is 0 Å². The van der Waals surface area contributed by atoms with Gasteiger partial charge in [0.2, 0.25) is 0 Å². The van der Waals surface area contributed by atoms with Crippen molar-refractivity contribution in [2.45, 2.75) is 0 Å². The van der Waals surface area contributed by atoms with Gasteiger partial charge in [0.15, 0.2) is 0 Å². The highest BCUT2D eigenvalue weighted by Gasteiger charge is 2.17. The lowest BCUT2D eigenvalue weighted by Gasteiger charge is -2.17. The van der Waals surface area contributed by atoms with Crippen LogP contribution in [-0.2, 0) is 0 Å². The second kappa shape index (κ2) is 11.1. The number of benzene rings is 9. The van der Waals surface area contributed by atoms with Gasteiger partial charge in [-0.15, -0.1) is 0 Å². The molecule has 0 aliphatic heterocycles. The number of rotatable bonds is 4. The fraction of sp³-hybridized carbons (Fsp3) is 0. The molecule has 0 fully saturated rings. The molecule has 0 bridgehead atoms. The first-order chi connectivity index (χ1) is 24.3. The van der Waals surface area contributed by atoms with Crippen LogP contribution in [0.5, 0.6) is 0 Å². The summed E-state index contributed by atoms with van der Waals surface area (Å²) < 4.78 is 2.40. The van der Waals surface area contributed by atoms with Gasteiger partial charge in [-0.05, 0) is 108 Å². The fourth-order valence-electron chi connectivity index (χ4n) is 7.91. The molecule has 228 valence electrons. The Morgan fingerprint density at radius 2 is 0.755 bits per heavy atom. The maximum Gasteiger partial charge on any atom is 0.0541 e. The third kappa shape index (κ3) is 4.40. The number of hydrogen-bond acceptors (Lipinski definition) is 0. The SMILES string of the molecule is c1ccc(-c2ccc3c(c2)c2ccccc2n3-c2ccc(-c3cc(-c4ccccc4)c4c5ccccc5c5ccccc5c4c3)cc2)cc1. The Balaban J connectivity index is 1.17. The van der Waals surface area contributed by atoms with Crippen LogP contribution in [0.2, 0.25) is 0 Å². The first-order valence-electron chi connectivity index (χ1n) is 16.9. The number of hydrogen-bond donors (Lipinski definition) is 0. The summed E-state index contributed by atoms with van der Waals surface area (Å²) in [6, 6.07) is 68.7.